The molecule has 1 aromatic rings. The molecule has 1 aromatic heterocycles. The minimum absolute atomic E-state index is 0.0118. The van der Waals surface area contributed by atoms with Crippen LogP contribution in [0.4, 0.5) is 4.39 Å². The molecule has 0 aliphatic heterocycles. The van der Waals surface area contributed by atoms with Crippen molar-refractivity contribution in [2.45, 2.75) is 25.4 Å². The van der Waals surface area contributed by atoms with Crippen LogP contribution in [0.5, 0.6) is 0 Å². The fourth-order valence-corrected chi connectivity index (χ4v) is 1.65. The second-order valence-electron chi connectivity index (χ2n) is 3.95. The first-order valence-electron chi connectivity index (χ1n) is 5.64. The van der Waals surface area contributed by atoms with E-state index in [0.717, 1.165) is 5.69 Å². The maximum Gasteiger partial charge on any atom is 0.141 e. The summed E-state index contributed by atoms with van der Waals surface area (Å²) in [6, 6.07) is 3.09. The van der Waals surface area contributed by atoms with Crippen LogP contribution in [-0.4, -0.2) is 36.5 Å². The van der Waals surface area contributed by atoms with Crippen LogP contribution in [-0.2, 0) is 4.74 Å². The third-order valence-electron chi connectivity index (χ3n) is 2.53. The second-order valence-corrected chi connectivity index (χ2v) is 3.95. The van der Waals surface area contributed by atoms with E-state index in [1.165, 1.54) is 12.3 Å². The fraction of sp³-hybridized carbons (Fsp3) is 0.583. The minimum atomic E-state index is -0.343. The van der Waals surface area contributed by atoms with Crippen LogP contribution in [0.2, 0.25) is 0 Å². The van der Waals surface area contributed by atoms with Gasteiger partial charge >= 0.3 is 0 Å². The number of ether oxygens (including phenoxy) is 1. The van der Waals surface area contributed by atoms with Crippen molar-refractivity contribution in [2.24, 2.45) is 0 Å². The third-order valence-corrected chi connectivity index (χ3v) is 2.53. The van der Waals surface area contributed by atoms with Crippen molar-refractivity contribution in [3.63, 3.8) is 0 Å². The van der Waals surface area contributed by atoms with Crippen molar-refractivity contribution in [3.8, 4) is 0 Å². The van der Waals surface area contributed by atoms with E-state index in [4.69, 9.17) is 9.84 Å². The molecule has 2 atom stereocenters. The van der Waals surface area contributed by atoms with E-state index >= 15 is 0 Å². The quantitative estimate of drug-likeness (QED) is 0.756. The lowest BCUT2D eigenvalue weighted by molar-refractivity contribution is 0.143. The zero-order chi connectivity index (χ0) is 12.7. The molecule has 0 spiro atoms. The molecule has 0 bridgehead atoms. The molecule has 1 rings (SSSR count). The Labute approximate surface area is 101 Å². The summed E-state index contributed by atoms with van der Waals surface area (Å²) in [5.41, 5.74) is 0.769. The number of rotatable bonds is 7. The van der Waals surface area contributed by atoms with E-state index in [9.17, 15) is 4.39 Å². The van der Waals surface area contributed by atoms with Gasteiger partial charge in [0.05, 0.1) is 18.5 Å². The normalized spacial score (nSPS) is 14.6. The van der Waals surface area contributed by atoms with E-state index in [-0.39, 0.29) is 24.5 Å². The van der Waals surface area contributed by atoms with E-state index in [1.54, 1.807) is 13.2 Å². The predicted octanol–water partition coefficient (Wildman–Crippen LogP) is 1.27. The topological polar surface area (TPSA) is 54.4 Å². The highest BCUT2D eigenvalue weighted by Crippen LogP contribution is 2.11. The van der Waals surface area contributed by atoms with Gasteiger partial charge in [-0.25, -0.2) is 4.39 Å². The fourth-order valence-electron chi connectivity index (χ4n) is 1.65. The number of aliphatic hydroxyl groups excluding tert-OH is 1. The lowest BCUT2D eigenvalue weighted by atomic mass is 10.1. The van der Waals surface area contributed by atoms with Gasteiger partial charge in [0, 0.05) is 25.8 Å². The highest BCUT2D eigenvalue weighted by atomic mass is 19.1. The summed E-state index contributed by atoms with van der Waals surface area (Å²) in [6.45, 7) is 2.57. The van der Waals surface area contributed by atoms with E-state index < -0.39 is 0 Å². The Bertz CT molecular complexity index is 313. The molecule has 0 fully saturated rings. The van der Waals surface area contributed by atoms with Crippen molar-refractivity contribution < 1.29 is 14.2 Å². The number of hydrogen-bond donors (Lipinski definition) is 2. The maximum atomic E-state index is 12.7. The SMILES string of the molecule is COCC(CCO)NC(C)c1ccc(F)cn1. The van der Waals surface area contributed by atoms with Gasteiger partial charge in [0.1, 0.15) is 5.82 Å². The van der Waals surface area contributed by atoms with Gasteiger partial charge in [0.25, 0.3) is 0 Å². The Hall–Kier alpha value is -1.04. The monoisotopic (exact) mass is 242 g/mol. The standard InChI is InChI=1S/C12H19FN2O2/c1-9(12-4-3-10(13)7-14-12)15-11(5-6-16)8-17-2/h3-4,7,9,11,15-16H,5-6,8H2,1-2H3. The van der Waals surface area contributed by atoms with Gasteiger partial charge in [0.15, 0.2) is 0 Å². The number of pyridine rings is 1. The Morgan fingerprint density at radius 1 is 1.53 bits per heavy atom. The van der Waals surface area contributed by atoms with Gasteiger partial charge in [-0.2, -0.15) is 0 Å². The molecule has 2 unspecified atom stereocenters. The van der Waals surface area contributed by atoms with Crippen molar-refractivity contribution in [1.82, 2.24) is 10.3 Å². The van der Waals surface area contributed by atoms with Gasteiger partial charge in [-0.3, -0.25) is 4.98 Å². The molecule has 0 amide bonds. The Kier molecular flexibility index (Phi) is 6.04. The smallest absolute Gasteiger partial charge is 0.141 e. The average molecular weight is 242 g/mol. The molecule has 1 heterocycles. The average Bonchev–Trinajstić information content (AvgIpc) is 2.30. The van der Waals surface area contributed by atoms with Crippen molar-refractivity contribution in [1.29, 1.82) is 0 Å². The third kappa shape index (κ3) is 4.77. The number of nitrogens with one attached hydrogen (secondary N) is 1. The molecule has 96 valence electrons. The molecule has 5 heteroatoms. The van der Waals surface area contributed by atoms with Gasteiger partial charge in [0.2, 0.25) is 0 Å². The molecule has 0 saturated carbocycles. The molecule has 2 N–H and O–H groups in total. The van der Waals surface area contributed by atoms with Crippen molar-refractivity contribution in [2.75, 3.05) is 20.3 Å². The largest absolute Gasteiger partial charge is 0.396 e. The molecule has 0 aliphatic carbocycles. The summed E-state index contributed by atoms with van der Waals surface area (Å²) in [6.07, 6.45) is 1.81. The number of aromatic nitrogens is 1. The van der Waals surface area contributed by atoms with Gasteiger partial charge in [-0.15, -0.1) is 0 Å². The molecule has 0 aromatic carbocycles. The summed E-state index contributed by atoms with van der Waals surface area (Å²) >= 11 is 0. The summed E-state index contributed by atoms with van der Waals surface area (Å²) < 4.78 is 17.8. The molecule has 0 aliphatic rings. The number of methoxy groups -OCH3 is 1. The zero-order valence-electron chi connectivity index (χ0n) is 10.2. The zero-order valence-corrected chi connectivity index (χ0v) is 10.2. The van der Waals surface area contributed by atoms with E-state index in [1.807, 2.05) is 6.92 Å². The summed E-state index contributed by atoms with van der Waals surface area (Å²) in [4.78, 5) is 4.01. The molecular weight excluding hydrogens is 223 g/mol. The highest BCUT2D eigenvalue weighted by Gasteiger charge is 2.13. The van der Waals surface area contributed by atoms with Crippen LogP contribution >= 0.6 is 0 Å². The van der Waals surface area contributed by atoms with Crippen LogP contribution < -0.4 is 5.32 Å². The van der Waals surface area contributed by atoms with Crippen molar-refractivity contribution >= 4 is 0 Å². The first-order chi connectivity index (χ1) is 8.17. The predicted molar refractivity (Wildman–Crippen MR) is 63.1 cm³/mol. The first kappa shape index (κ1) is 14.0. The summed E-state index contributed by atoms with van der Waals surface area (Å²) in [7, 11) is 1.62. The van der Waals surface area contributed by atoms with Crippen LogP contribution in [0.25, 0.3) is 0 Å². The summed E-state index contributed by atoms with van der Waals surface area (Å²) in [5, 5.41) is 12.2. The van der Waals surface area contributed by atoms with Crippen LogP contribution in [0, 0.1) is 5.82 Å². The first-order valence-corrected chi connectivity index (χ1v) is 5.64. The van der Waals surface area contributed by atoms with Crippen LogP contribution in [0.3, 0.4) is 0 Å². The van der Waals surface area contributed by atoms with Gasteiger partial charge < -0.3 is 15.2 Å². The number of aliphatic hydroxyl groups is 1. The summed E-state index contributed by atoms with van der Waals surface area (Å²) in [5.74, 6) is -0.343. The number of nitrogens with zero attached hydrogens (tertiary/aromatic N) is 1. The van der Waals surface area contributed by atoms with E-state index in [2.05, 4.69) is 10.3 Å². The lowest BCUT2D eigenvalue weighted by Crippen LogP contribution is -2.36. The molecular formula is C12H19FN2O2. The molecule has 0 radical (unpaired) electrons. The number of halogens is 1. The second kappa shape index (κ2) is 7.32. The Balaban J connectivity index is 2.56. The van der Waals surface area contributed by atoms with Gasteiger partial charge in [-0.1, -0.05) is 0 Å². The van der Waals surface area contributed by atoms with Gasteiger partial charge in [-0.05, 0) is 25.5 Å². The molecule has 17 heavy (non-hydrogen) atoms. The number of hydrogen-bond acceptors (Lipinski definition) is 4. The minimum Gasteiger partial charge on any atom is -0.396 e. The Morgan fingerprint density at radius 2 is 2.29 bits per heavy atom. The highest BCUT2D eigenvalue weighted by molar-refractivity contribution is 5.09. The van der Waals surface area contributed by atoms with Crippen molar-refractivity contribution in [3.05, 3.63) is 29.8 Å². The Morgan fingerprint density at radius 3 is 2.82 bits per heavy atom. The van der Waals surface area contributed by atoms with Crippen LogP contribution in [0.15, 0.2) is 18.3 Å². The lowest BCUT2D eigenvalue weighted by Gasteiger charge is -2.21. The maximum absolute atomic E-state index is 12.7. The molecule has 0 saturated heterocycles. The molecule has 4 nitrogen and oxygen atoms in total. The van der Waals surface area contributed by atoms with E-state index in [0.29, 0.717) is 13.0 Å². The van der Waals surface area contributed by atoms with Crippen LogP contribution in [0.1, 0.15) is 25.1 Å².